The van der Waals surface area contributed by atoms with Gasteiger partial charge in [0.15, 0.2) is 6.29 Å². The molecule has 1 aliphatic heterocycles. The van der Waals surface area contributed by atoms with Gasteiger partial charge in [0.25, 0.3) is 0 Å². The molecule has 0 saturated carbocycles. The second-order valence-electron chi connectivity index (χ2n) is 7.40. The Bertz CT molecular complexity index is 758. The molecule has 28 heavy (non-hydrogen) atoms. The predicted molar refractivity (Wildman–Crippen MR) is 117 cm³/mol. The standard InChI is InChI=1S/C24H29NO2S/c1-2-3-4-5-6-7-19-8-10-20(11-9-19)22-16-26-24(27-17-22)21-12-14-23(15-13-21)25-18-28/h8-15,22,24H,2-7,16-17H2,1H3. The topological polar surface area (TPSA) is 30.8 Å². The lowest BCUT2D eigenvalue weighted by molar-refractivity contribution is -0.191. The Morgan fingerprint density at radius 1 is 0.893 bits per heavy atom. The molecule has 4 heteroatoms. The van der Waals surface area contributed by atoms with E-state index in [1.54, 1.807) is 0 Å². The van der Waals surface area contributed by atoms with Gasteiger partial charge in [0, 0.05) is 11.5 Å². The molecule has 3 rings (SSSR count). The highest BCUT2D eigenvalue weighted by atomic mass is 32.1. The molecule has 0 aromatic heterocycles. The zero-order valence-electron chi connectivity index (χ0n) is 16.6. The van der Waals surface area contributed by atoms with Crippen molar-refractivity contribution in [3.8, 4) is 0 Å². The molecule has 148 valence electrons. The number of nitrogens with zero attached hydrogens (tertiary/aromatic N) is 1. The van der Waals surface area contributed by atoms with Crippen LogP contribution in [0.25, 0.3) is 0 Å². The van der Waals surface area contributed by atoms with Gasteiger partial charge in [0.1, 0.15) is 0 Å². The van der Waals surface area contributed by atoms with E-state index in [9.17, 15) is 0 Å². The smallest absolute Gasteiger partial charge is 0.183 e. The van der Waals surface area contributed by atoms with E-state index in [4.69, 9.17) is 9.47 Å². The molecule has 3 nitrogen and oxygen atoms in total. The average Bonchev–Trinajstić information content (AvgIpc) is 2.75. The Kier molecular flexibility index (Phi) is 8.38. The number of aryl methyl sites for hydroxylation is 1. The quantitative estimate of drug-likeness (QED) is 0.267. The number of unbranched alkanes of at least 4 members (excludes halogenated alkanes) is 4. The van der Waals surface area contributed by atoms with Crippen LogP contribution in [0.2, 0.25) is 0 Å². The van der Waals surface area contributed by atoms with Crippen molar-refractivity contribution in [2.45, 2.75) is 57.7 Å². The predicted octanol–water partition coefficient (Wildman–Crippen LogP) is 6.76. The van der Waals surface area contributed by atoms with E-state index in [0.717, 1.165) is 11.3 Å². The first-order chi connectivity index (χ1) is 13.8. The average molecular weight is 396 g/mol. The first-order valence-electron chi connectivity index (χ1n) is 10.3. The van der Waals surface area contributed by atoms with Crippen molar-refractivity contribution in [1.82, 2.24) is 0 Å². The number of rotatable bonds is 9. The maximum Gasteiger partial charge on any atom is 0.183 e. The van der Waals surface area contributed by atoms with Gasteiger partial charge in [-0.2, -0.15) is 4.99 Å². The van der Waals surface area contributed by atoms with E-state index < -0.39 is 0 Å². The SMILES string of the molecule is CCCCCCCc1ccc(C2COC(c3ccc(N=C=S)cc3)OC2)cc1. The number of isothiocyanates is 1. The highest BCUT2D eigenvalue weighted by Gasteiger charge is 2.24. The highest BCUT2D eigenvalue weighted by Crippen LogP contribution is 2.30. The summed E-state index contributed by atoms with van der Waals surface area (Å²) in [6.07, 6.45) is 7.48. The molecule has 0 atom stereocenters. The molecule has 0 radical (unpaired) electrons. The molecule has 2 aromatic carbocycles. The fourth-order valence-electron chi connectivity index (χ4n) is 3.54. The number of hydrogen-bond acceptors (Lipinski definition) is 4. The minimum Gasteiger partial charge on any atom is -0.348 e. The minimum absolute atomic E-state index is 0.286. The van der Waals surface area contributed by atoms with Crippen molar-refractivity contribution < 1.29 is 9.47 Å². The lowest BCUT2D eigenvalue weighted by Gasteiger charge is -2.30. The van der Waals surface area contributed by atoms with E-state index in [1.165, 1.54) is 49.7 Å². The molecular weight excluding hydrogens is 366 g/mol. The lowest BCUT2D eigenvalue weighted by Crippen LogP contribution is -2.25. The number of ether oxygens (including phenoxy) is 2. The van der Waals surface area contributed by atoms with Crippen LogP contribution in [0.1, 0.15) is 67.9 Å². The third-order valence-electron chi connectivity index (χ3n) is 5.26. The van der Waals surface area contributed by atoms with Crippen LogP contribution in [-0.4, -0.2) is 18.4 Å². The van der Waals surface area contributed by atoms with Gasteiger partial charge in [0.2, 0.25) is 0 Å². The molecule has 2 aromatic rings. The number of aliphatic imine (C=N–C) groups is 1. The summed E-state index contributed by atoms with van der Waals surface area (Å²) in [4.78, 5) is 3.97. The van der Waals surface area contributed by atoms with Crippen LogP contribution in [0.4, 0.5) is 5.69 Å². The summed E-state index contributed by atoms with van der Waals surface area (Å²) in [5.74, 6) is 0.286. The molecule has 0 aliphatic carbocycles. The molecule has 1 saturated heterocycles. The summed E-state index contributed by atoms with van der Waals surface area (Å²) in [6, 6.07) is 16.7. The monoisotopic (exact) mass is 395 g/mol. The van der Waals surface area contributed by atoms with Crippen LogP contribution < -0.4 is 0 Å². The van der Waals surface area contributed by atoms with Gasteiger partial charge >= 0.3 is 0 Å². The van der Waals surface area contributed by atoms with E-state index in [0.29, 0.717) is 13.2 Å². The summed E-state index contributed by atoms with van der Waals surface area (Å²) in [5.41, 5.74) is 4.51. The molecule has 0 amide bonds. The van der Waals surface area contributed by atoms with Gasteiger partial charge in [-0.05, 0) is 48.3 Å². The molecular formula is C24H29NO2S. The number of benzene rings is 2. The Morgan fingerprint density at radius 2 is 1.54 bits per heavy atom. The van der Waals surface area contributed by atoms with Crippen molar-refractivity contribution in [2.24, 2.45) is 4.99 Å². The van der Waals surface area contributed by atoms with Crippen molar-refractivity contribution >= 4 is 23.1 Å². The molecule has 0 spiro atoms. The van der Waals surface area contributed by atoms with Crippen LogP contribution in [-0.2, 0) is 15.9 Å². The third-order valence-corrected chi connectivity index (χ3v) is 5.35. The molecule has 0 unspecified atom stereocenters. The molecule has 1 aliphatic rings. The molecule has 1 fully saturated rings. The minimum atomic E-state index is -0.316. The maximum absolute atomic E-state index is 5.97. The van der Waals surface area contributed by atoms with Crippen molar-refractivity contribution in [1.29, 1.82) is 0 Å². The van der Waals surface area contributed by atoms with E-state index in [1.807, 2.05) is 24.3 Å². The second-order valence-corrected chi connectivity index (χ2v) is 7.58. The molecule has 0 bridgehead atoms. The fraction of sp³-hybridized carbons (Fsp3) is 0.458. The molecule has 1 heterocycles. The fourth-order valence-corrected chi connectivity index (χ4v) is 3.64. The van der Waals surface area contributed by atoms with Gasteiger partial charge in [-0.1, -0.05) is 69.0 Å². The highest BCUT2D eigenvalue weighted by molar-refractivity contribution is 7.78. The summed E-state index contributed by atoms with van der Waals surface area (Å²) in [6.45, 7) is 3.59. The first-order valence-corrected chi connectivity index (χ1v) is 10.7. The lowest BCUT2D eigenvalue weighted by atomic mass is 9.97. The number of thiocarbonyl (C=S) groups is 1. The van der Waals surface area contributed by atoms with Gasteiger partial charge < -0.3 is 9.47 Å². The van der Waals surface area contributed by atoms with E-state index in [-0.39, 0.29) is 12.2 Å². The van der Waals surface area contributed by atoms with Crippen LogP contribution in [0, 0.1) is 0 Å². The van der Waals surface area contributed by atoms with Gasteiger partial charge in [0.05, 0.1) is 24.1 Å². The van der Waals surface area contributed by atoms with Gasteiger partial charge in [-0.3, -0.25) is 0 Å². The summed E-state index contributed by atoms with van der Waals surface area (Å²) in [5, 5.41) is 2.38. The van der Waals surface area contributed by atoms with E-state index in [2.05, 4.69) is 53.6 Å². The Morgan fingerprint density at radius 3 is 2.18 bits per heavy atom. The summed E-state index contributed by atoms with van der Waals surface area (Å²) >= 11 is 4.63. The van der Waals surface area contributed by atoms with Crippen LogP contribution in [0.5, 0.6) is 0 Å². The van der Waals surface area contributed by atoms with Crippen LogP contribution in [0.15, 0.2) is 53.5 Å². The van der Waals surface area contributed by atoms with E-state index >= 15 is 0 Å². The summed E-state index contributed by atoms with van der Waals surface area (Å²) in [7, 11) is 0. The van der Waals surface area contributed by atoms with Crippen LogP contribution in [0.3, 0.4) is 0 Å². The third kappa shape index (κ3) is 6.08. The maximum atomic E-state index is 5.97. The Hall–Kier alpha value is -1.84. The summed E-state index contributed by atoms with van der Waals surface area (Å²) < 4.78 is 11.9. The zero-order chi connectivity index (χ0) is 19.6. The van der Waals surface area contributed by atoms with Crippen molar-refractivity contribution in [3.05, 3.63) is 65.2 Å². The number of hydrogen-bond donors (Lipinski definition) is 0. The second kappa shape index (κ2) is 11.2. The molecule has 0 N–H and O–H groups in total. The van der Waals surface area contributed by atoms with Crippen molar-refractivity contribution in [2.75, 3.05) is 13.2 Å². The Balaban J connectivity index is 1.47. The first kappa shape index (κ1) is 20.9. The zero-order valence-corrected chi connectivity index (χ0v) is 17.4. The van der Waals surface area contributed by atoms with Crippen molar-refractivity contribution in [3.63, 3.8) is 0 Å². The normalized spacial score (nSPS) is 19.2. The largest absolute Gasteiger partial charge is 0.348 e. The van der Waals surface area contributed by atoms with Gasteiger partial charge in [-0.15, -0.1) is 0 Å². The van der Waals surface area contributed by atoms with Crippen LogP contribution >= 0.6 is 12.2 Å². The Labute approximate surface area is 173 Å². The van der Waals surface area contributed by atoms with Gasteiger partial charge in [-0.25, -0.2) is 0 Å².